The van der Waals surface area contributed by atoms with Crippen molar-refractivity contribution in [2.75, 3.05) is 25.9 Å². The highest BCUT2D eigenvalue weighted by molar-refractivity contribution is 5.94. The Morgan fingerprint density at radius 3 is 2.83 bits per heavy atom. The van der Waals surface area contributed by atoms with Crippen molar-refractivity contribution >= 4 is 11.6 Å². The van der Waals surface area contributed by atoms with E-state index in [1.807, 2.05) is 24.6 Å². The van der Waals surface area contributed by atoms with Gasteiger partial charge < -0.3 is 20.5 Å². The second-order valence-electron chi connectivity index (χ2n) is 5.38. The van der Waals surface area contributed by atoms with Crippen molar-refractivity contribution in [3.63, 3.8) is 0 Å². The van der Waals surface area contributed by atoms with Crippen LogP contribution in [0.5, 0.6) is 0 Å². The van der Waals surface area contributed by atoms with Gasteiger partial charge in [0.05, 0.1) is 5.69 Å². The van der Waals surface area contributed by atoms with E-state index in [0.29, 0.717) is 11.4 Å². The number of rotatable bonds is 3. The summed E-state index contributed by atoms with van der Waals surface area (Å²) in [6, 6.07) is 2.22. The van der Waals surface area contributed by atoms with E-state index in [2.05, 4.69) is 17.3 Å². The summed E-state index contributed by atoms with van der Waals surface area (Å²) >= 11 is 0. The van der Waals surface area contributed by atoms with Gasteiger partial charge in [-0.1, -0.05) is 0 Å². The average molecular weight is 250 g/mol. The maximum absolute atomic E-state index is 12.2. The third-order valence-corrected chi connectivity index (χ3v) is 3.39. The normalized spacial score (nSPS) is 20.6. The Hall–Kier alpha value is -1.49. The molecule has 0 radical (unpaired) electrons. The van der Waals surface area contributed by atoms with Crippen LogP contribution in [-0.2, 0) is 0 Å². The molecule has 5 heteroatoms. The topological polar surface area (TPSA) is 63.3 Å². The number of amides is 1. The largest absolute Gasteiger partial charge is 0.397 e. The van der Waals surface area contributed by atoms with Gasteiger partial charge in [-0.3, -0.25) is 4.79 Å². The van der Waals surface area contributed by atoms with Gasteiger partial charge in [0.2, 0.25) is 0 Å². The molecule has 0 spiro atoms. The van der Waals surface area contributed by atoms with Crippen LogP contribution in [0.3, 0.4) is 0 Å². The van der Waals surface area contributed by atoms with E-state index in [0.717, 1.165) is 19.5 Å². The zero-order chi connectivity index (χ0) is 13.3. The number of likely N-dealkylation sites (tertiary alicyclic amines) is 1. The van der Waals surface area contributed by atoms with Gasteiger partial charge in [-0.15, -0.1) is 0 Å². The fourth-order valence-electron chi connectivity index (χ4n) is 2.42. The molecule has 100 valence electrons. The average Bonchev–Trinajstić information content (AvgIpc) is 2.85. The molecule has 1 saturated heterocycles. The number of anilines is 1. The minimum Gasteiger partial charge on any atom is -0.397 e. The highest BCUT2D eigenvalue weighted by Crippen LogP contribution is 2.17. The molecule has 1 fully saturated rings. The van der Waals surface area contributed by atoms with Gasteiger partial charge in [0.25, 0.3) is 5.91 Å². The Labute approximate surface area is 108 Å². The molecule has 5 nitrogen and oxygen atoms in total. The van der Waals surface area contributed by atoms with Crippen LogP contribution in [-0.4, -0.2) is 41.6 Å². The van der Waals surface area contributed by atoms with Crippen LogP contribution in [0.15, 0.2) is 12.3 Å². The molecule has 0 aromatic carbocycles. The lowest BCUT2D eigenvalue weighted by atomic mass is 10.2. The number of carbonyl (C=O) groups is 1. The summed E-state index contributed by atoms with van der Waals surface area (Å²) in [5.74, 6) is -0.0271. The molecule has 0 aliphatic carbocycles. The number of aromatic nitrogens is 1. The van der Waals surface area contributed by atoms with Crippen LogP contribution in [0.2, 0.25) is 0 Å². The monoisotopic (exact) mass is 250 g/mol. The standard InChI is InChI=1S/C13H22N4O/c1-9(2)17-7-10(14)6-12(17)13(18)15-11-4-5-16(3)8-11/h6-7,9,11H,4-5,8,14H2,1-3H3,(H,15,18). The summed E-state index contributed by atoms with van der Waals surface area (Å²) in [6.07, 6.45) is 2.83. The first-order valence-corrected chi connectivity index (χ1v) is 6.44. The highest BCUT2D eigenvalue weighted by atomic mass is 16.2. The number of nitrogen functional groups attached to an aromatic ring is 1. The molecule has 0 saturated carbocycles. The van der Waals surface area contributed by atoms with Gasteiger partial charge in [0.15, 0.2) is 0 Å². The van der Waals surface area contributed by atoms with E-state index < -0.39 is 0 Å². The second kappa shape index (κ2) is 5.02. The number of hydrogen-bond acceptors (Lipinski definition) is 3. The zero-order valence-electron chi connectivity index (χ0n) is 11.3. The summed E-state index contributed by atoms with van der Waals surface area (Å²) in [7, 11) is 2.07. The van der Waals surface area contributed by atoms with Crippen molar-refractivity contribution < 1.29 is 4.79 Å². The van der Waals surface area contributed by atoms with E-state index in [4.69, 9.17) is 5.73 Å². The van der Waals surface area contributed by atoms with Crippen LogP contribution in [0.25, 0.3) is 0 Å². The lowest BCUT2D eigenvalue weighted by Gasteiger charge is -2.16. The molecule has 0 bridgehead atoms. The maximum atomic E-state index is 12.2. The van der Waals surface area contributed by atoms with Gasteiger partial charge in [0.1, 0.15) is 5.69 Å². The Morgan fingerprint density at radius 1 is 1.56 bits per heavy atom. The number of hydrogen-bond donors (Lipinski definition) is 2. The zero-order valence-corrected chi connectivity index (χ0v) is 11.3. The van der Waals surface area contributed by atoms with E-state index in [1.54, 1.807) is 6.07 Å². The highest BCUT2D eigenvalue weighted by Gasteiger charge is 2.23. The fourth-order valence-corrected chi connectivity index (χ4v) is 2.42. The predicted molar refractivity (Wildman–Crippen MR) is 72.6 cm³/mol. The van der Waals surface area contributed by atoms with Crippen LogP contribution in [0, 0.1) is 0 Å². The van der Waals surface area contributed by atoms with E-state index in [1.165, 1.54) is 0 Å². The van der Waals surface area contributed by atoms with Crippen LogP contribution in [0.1, 0.15) is 36.8 Å². The first-order valence-electron chi connectivity index (χ1n) is 6.44. The maximum Gasteiger partial charge on any atom is 0.268 e. The number of nitrogens with two attached hydrogens (primary N) is 1. The van der Waals surface area contributed by atoms with Gasteiger partial charge in [-0.2, -0.15) is 0 Å². The molecule has 1 aromatic heterocycles. The SMILES string of the molecule is CC(C)n1cc(N)cc1C(=O)NC1CCN(C)C1. The van der Waals surface area contributed by atoms with Gasteiger partial charge in [-0.05, 0) is 39.9 Å². The van der Waals surface area contributed by atoms with Crippen LogP contribution < -0.4 is 11.1 Å². The van der Waals surface area contributed by atoms with Gasteiger partial charge >= 0.3 is 0 Å². The molecular formula is C13H22N4O. The van der Waals surface area contributed by atoms with Crippen molar-refractivity contribution in [3.8, 4) is 0 Å². The number of likely N-dealkylation sites (N-methyl/N-ethyl adjacent to an activating group) is 1. The molecule has 2 rings (SSSR count). The van der Waals surface area contributed by atoms with Gasteiger partial charge in [-0.25, -0.2) is 0 Å². The van der Waals surface area contributed by atoms with Crippen molar-refractivity contribution in [1.29, 1.82) is 0 Å². The van der Waals surface area contributed by atoms with Crippen molar-refractivity contribution in [2.24, 2.45) is 0 Å². The number of carbonyl (C=O) groups excluding carboxylic acids is 1. The third-order valence-electron chi connectivity index (χ3n) is 3.39. The first-order chi connectivity index (χ1) is 8.47. The molecule has 1 unspecified atom stereocenters. The minimum atomic E-state index is -0.0271. The smallest absolute Gasteiger partial charge is 0.268 e. The lowest BCUT2D eigenvalue weighted by Crippen LogP contribution is -2.37. The Kier molecular flexibility index (Phi) is 3.61. The first kappa shape index (κ1) is 13.0. The summed E-state index contributed by atoms with van der Waals surface area (Å²) in [5, 5.41) is 3.08. The van der Waals surface area contributed by atoms with Crippen LogP contribution in [0.4, 0.5) is 5.69 Å². The third kappa shape index (κ3) is 2.67. The summed E-state index contributed by atoms with van der Waals surface area (Å²) < 4.78 is 1.92. The molecule has 3 N–H and O–H groups in total. The lowest BCUT2D eigenvalue weighted by molar-refractivity contribution is 0.0927. The number of nitrogens with zero attached hydrogens (tertiary/aromatic N) is 2. The molecule has 18 heavy (non-hydrogen) atoms. The quantitative estimate of drug-likeness (QED) is 0.844. The molecule has 1 amide bonds. The summed E-state index contributed by atoms with van der Waals surface area (Å²) in [5.41, 5.74) is 7.06. The predicted octanol–water partition coefficient (Wildman–Crippen LogP) is 1.09. The Morgan fingerprint density at radius 2 is 2.28 bits per heavy atom. The number of nitrogens with one attached hydrogen (secondary N) is 1. The Bertz CT molecular complexity index is 438. The van der Waals surface area contributed by atoms with Crippen LogP contribution >= 0.6 is 0 Å². The molecule has 1 aliphatic heterocycles. The molecule has 2 heterocycles. The molecule has 1 aliphatic rings. The van der Waals surface area contributed by atoms with Crippen molar-refractivity contribution in [1.82, 2.24) is 14.8 Å². The Balaban J connectivity index is 2.09. The van der Waals surface area contributed by atoms with Gasteiger partial charge in [0, 0.05) is 24.8 Å². The second-order valence-corrected chi connectivity index (χ2v) is 5.38. The fraction of sp³-hybridized carbons (Fsp3) is 0.615. The summed E-state index contributed by atoms with van der Waals surface area (Å²) in [6.45, 7) is 6.04. The van der Waals surface area contributed by atoms with Crippen molar-refractivity contribution in [2.45, 2.75) is 32.4 Å². The molecule has 1 atom stereocenters. The minimum absolute atomic E-state index is 0.0271. The molecular weight excluding hydrogens is 228 g/mol. The molecule has 1 aromatic rings. The summed E-state index contributed by atoms with van der Waals surface area (Å²) in [4.78, 5) is 14.5. The van der Waals surface area contributed by atoms with E-state index >= 15 is 0 Å². The van der Waals surface area contributed by atoms with E-state index in [9.17, 15) is 4.79 Å². The van der Waals surface area contributed by atoms with Crippen molar-refractivity contribution in [3.05, 3.63) is 18.0 Å². The van der Waals surface area contributed by atoms with E-state index in [-0.39, 0.29) is 18.0 Å².